The van der Waals surface area contributed by atoms with E-state index in [4.69, 9.17) is 23.2 Å². The van der Waals surface area contributed by atoms with Crippen LogP contribution in [0.1, 0.15) is 18.5 Å². The first-order valence-corrected chi connectivity index (χ1v) is 7.33. The highest BCUT2D eigenvalue weighted by atomic mass is 35.5. The first-order chi connectivity index (χ1) is 9.90. The minimum absolute atomic E-state index is 0.0321. The molecule has 0 aliphatic rings. The van der Waals surface area contributed by atoms with E-state index in [2.05, 4.69) is 5.32 Å². The van der Waals surface area contributed by atoms with Crippen molar-refractivity contribution in [3.05, 3.63) is 57.8 Å². The summed E-state index contributed by atoms with van der Waals surface area (Å²) in [5.74, 6) is -0.467. The van der Waals surface area contributed by atoms with Gasteiger partial charge in [-0.15, -0.1) is 0 Å². The monoisotopic (exact) mass is 326 g/mol. The first kappa shape index (κ1) is 15.9. The molecular formula is C16H17Cl2FN2. The van der Waals surface area contributed by atoms with Crippen molar-refractivity contribution in [3.63, 3.8) is 0 Å². The van der Waals surface area contributed by atoms with Gasteiger partial charge in [-0.25, -0.2) is 4.39 Å². The number of halogens is 3. The van der Waals surface area contributed by atoms with Gasteiger partial charge in [-0.2, -0.15) is 0 Å². The maximum absolute atomic E-state index is 13.6. The van der Waals surface area contributed by atoms with E-state index < -0.39 is 5.82 Å². The Morgan fingerprint density at radius 1 is 1.10 bits per heavy atom. The molecule has 2 nitrogen and oxygen atoms in total. The molecule has 0 spiro atoms. The molecule has 0 radical (unpaired) electrons. The lowest BCUT2D eigenvalue weighted by molar-refractivity contribution is 0.624. The third-order valence-corrected chi connectivity index (χ3v) is 3.88. The fourth-order valence-electron chi connectivity index (χ4n) is 2.17. The highest BCUT2D eigenvalue weighted by Gasteiger charge is 2.15. The number of rotatable bonds is 4. The highest BCUT2D eigenvalue weighted by Crippen LogP contribution is 2.32. The molecule has 5 heteroatoms. The molecule has 21 heavy (non-hydrogen) atoms. The van der Waals surface area contributed by atoms with Crippen LogP contribution in [-0.2, 0) is 0 Å². The maximum atomic E-state index is 13.6. The Morgan fingerprint density at radius 3 is 2.43 bits per heavy atom. The van der Waals surface area contributed by atoms with Crippen LogP contribution in [0.5, 0.6) is 0 Å². The fourth-order valence-corrected chi connectivity index (χ4v) is 2.71. The molecule has 2 aromatic rings. The molecule has 2 aromatic carbocycles. The highest BCUT2D eigenvalue weighted by molar-refractivity contribution is 6.35. The van der Waals surface area contributed by atoms with Gasteiger partial charge in [0.1, 0.15) is 5.82 Å². The average Bonchev–Trinajstić information content (AvgIpc) is 2.43. The number of nitrogens with one attached hydrogen (secondary N) is 1. The molecule has 1 N–H and O–H groups in total. The summed E-state index contributed by atoms with van der Waals surface area (Å²) in [6.45, 7) is 1.93. The van der Waals surface area contributed by atoms with Gasteiger partial charge in [0.15, 0.2) is 0 Å². The zero-order chi connectivity index (χ0) is 15.6. The van der Waals surface area contributed by atoms with Crippen LogP contribution >= 0.6 is 23.2 Å². The predicted octanol–water partition coefficient (Wildman–Crippen LogP) is 5.37. The summed E-state index contributed by atoms with van der Waals surface area (Å²) in [4.78, 5) is 2.01. The Hall–Kier alpha value is -1.45. The Balaban J connectivity index is 2.30. The Morgan fingerprint density at radius 2 is 1.76 bits per heavy atom. The summed E-state index contributed by atoms with van der Waals surface area (Å²) >= 11 is 11.9. The molecule has 0 fully saturated rings. The largest absolute Gasteiger partial charge is 0.377 e. The van der Waals surface area contributed by atoms with Crippen LogP contribution in [0.15, 0.2) is 36.4 Å². The number of hydrogen-bond donors (Lipinski definition) is 1. The Kier molecular flexibility index (Phi) is 4.96. The van der Waals surface area contributed by atoms with E-state index in [1.165, 1.54) is 12.1 Å². The number of nitrogens with zero attached hydrogens (tertiary/aromatic N) is 1. The van der Waals surface area contributed by atoms with E-state index >= 15 is 0 Å². The maximum Gasteiger partial charge on any atom is 0.142 e. The van der Waals surface area contributed by atoms with Crippen LogP contribution in [0.4, 0.5) is 15.8 Å². The number of para-hydroxylation sites is 2. The minimum atomic E-state index is -0.467. The minimum Gasteiger partial charge on any atom is -0.377 e. The second kappa shape index (κ2) is 6.54. The predicted molar refractivity (Wildman–Crippen MR) is 89.2 cm³/mol. The summed E-state index contributed by atoms with van der Waals surface area (Å²) in [7, 11) is 3.94. The van der Waals surface area contributed by atoms with Crippen LogP contribution in [0.3, 0.4) is 0 Å². The molecule has 1 atom stereocenters. The smallest absolute Gasteiger partial charge is 0.142 e. The third kappa shape index (κ3) is 3.60. The molecule has 0 aliphatic heterocycles. The van der Waals surface area contributed by atoms with Gasteiger partial charge in [0.05, 0.1) is 22.4 Å². The summed E-state index contributed by atoms with van der Waals surface area (Å²) < 4.78 is 13.6. The van der Waals surface area contributed by atoms with E-state index in [9.17, 15) is 4.39 Å². The van der Waals surface area contributed by atoms with Crippen molar-refractivity contribution < 1.29 is 4.39 Å². The lowest BCUT2D eigenvalue weighted by Gasteiger charge is -2.22. The number of hydrogen-bond acceptors (Lipinski definition) is 2. The van der Waals surface area contributed by atoms with Crippen LogP contribution in [0.2, 0.25) is 10.0 Å². The molecule has 1 unspecified atom stereocenters. The van der Waals surface area contributed by atoms with E-state index in [1.54, 1.807) is 0 Å². The van der Waals surface area contributed by atoms with Crippen LogP contribution < -0.4 is 10.2 Å². The van der Waals surface area contributed by atoms with Crippen molar-refractivity contribution in [1.29, 1.82) is 0 Å². The summed E-state index contributed by atoms with van der Waals surface area (Å²) in [6, 6.07) is 10.6. The number of anilines is 2. The number of benzene rings is 2. The average molecular weight is 327 g/mol. The van der Waals surface area contributed by atoms with Gasteiger partial charge in [-0.3, -0.25) is 0 Å². The fraction of sp³-hybridized carbons (Fsp3) is 0.250. The molecular weight excluding hydrogens is 310 g/mol. The van der Waals surface area contributed by atoms with E-state index in [0.717, 1.165) is 11.4 Å². The van der Waals surface area contributed by atoms with Gasteiger partial charge in [-0.1, -0.05) is 35.3 Å². The lowest BCUT2D eigenvalue weighted by Crippen LogP contribution is -2.14. The molecule has 0 saturated carbocycles. The normalized spacial score (nSPS) is 12.1. The van der Waals surface area contributed by atoms with Crippen LogP contribution in [0.25, 0.3) is 0 Å². The molecule has 0 aliphatic carbocycles. The third-order valence-electron chi connectivity index (χ3n) is 3.26. The van der Waals surface area contributed by atoms with Crippen molar-refractivity contribution in [3.8, 4) is 0 Å². The Labute approximate surface area is 134 Å². The zero-order valence-electron chi connectivity index (χ0n) is 12.1. The van der Waals surface area contributed by atoms with Crippen molar-refractivity contribution in [1.82, 2.24) is 0 Å². The summed E-state index contributed by atoms with van der Waals surface area (Å²) in [5.41, 5.74) is 2.68. The lowest BCUT2D eigenvalue weighted by atomic mass is 10.1. The van der Waals surface area contributed by atoms with Gasteiger partial charge in [0.25, 0.3) is 0 Å². The van der Waals surface area contributed by atoms with Crippen molar-refractivity contribution in [2.24, 2.45) is 0 Å². The summed E-state index contributed by atoms with van der Waals surface area (Å²) in [6.07, 6.45) is 0. The molecule has 0 amide bonds. The van der Waals surface area contributed by atoms with E-state index in [0.29, 0.717) is 10.6 Å². The van der Waals surface area contributed by atoms with Crippen LogP contribution in [-0.4, -0.2) is 14.1 Å². The molecule has 0 bridgehead atoms. The van der Waals surface area contributed by atoms with Gasteiger partial charge < -0.3 is 10.2 Å². The second-order valence-electron chi connectivity index (χ2n) is 5.07. The molecule has 0 heterocycles. The molecule has 0 aromatic heterocycles. The topological polar surface area (TPSA) is 15.3 Å². The van der Waals surface area contributed by atoms with Gasteiger partial charge in [0, 0.05) is 19.1 Å². The SMILES string of the molecule is CC(Nc1ccccc1N(C)C)c1cc(F)c(Cl)cc1Cl. The van der Waals surface area contributed by atoms with Gasteiger partial charge in [-0.05, 0) is 36.8 Å². The van der Waals surface area contributed by atoms with Crippen molar-refractivity contribution in [2.75, 3.05) is 24.3 Å². The second-order valence-corrected chi connectivity index (χ2v) is 5.88. The quantitative estimate of drug-likeness (QED) is 0.759. The molecule has 112 valence electrons. The van der Waals surface area contributed by atoms with Gasteiger partial charge >= 0.3 is 0 Å². The van der Waals surface area contributed by atoms with Crippen molar-refractivity contribution >= 4 is 34.6 Å². The van der Waals surface area contributed by atoms with E-state index in [-0.39, 0.29) is 11.1 Å². The van der Waals surface area contributed by atoms with Gasteiger partial charge in [0.2, 0.25) is 0 Å². The van der Waals surface area contributed by atoms with Crippen LogP contribution in [0, 0.1) is 5.82 Å². The van der Waals surface area contributed by atoms with Crippen molar-refractivity contribution in [2.45, 2.75) is 13.0 Å². The zero-order valence-corrected chi connectivity index (χ0v) is 13.6. The standard InChI is InChI=1S/C16H17Cl2FN2/c1-10(11-8-14(19)13(18)9-12(11)17)20-15-6-4-5-7-16(15)21(2)3/h4-10,20H,1-3H3. The van der Waals surface area contributed by atoms with E-state index in [1.807, 2.05) is 50.2 Å². The first-order valence-electron chi connectivity index (χ1n) is 6.57. The Bertz CT molecular complexity index is 644. The molecule has 2 rings (SSSR count). The summed E-state index contributed by atoms with van der Waals surface area (Å²) in [5, 5.41) is 3.84. The molecule has 0 saturated heterocycles.